The number of pyridine rings is 1. The molecule has 0 aliphatic rings. The summed E-state index contributed by atoms with van der Waals surface area (Å²) in [4.78, 5) is 0. The first kappa shape index (κ1) is 10.2. The number of nitrogens with zero attached hydrogens (tertiary/aromatic N) is 3. The van der Waals surface area contributed by atoms with Gasteiger partial charge in [-0.15, -0.1) is 10.2 Å². The van der Waals surface area contributed by atoms with E-state index in [2.05, 4.69) is 10.2 Å². The van der Waals surface area contributed by atoms with E-state index in [4.69, 9.17) is 11.5 Å². The van der Waals surface area contributed by atoms with Crippen LogP contribution in [0.4, 0.5) is 0 Å². The SMILES string of the molecule is Cn1/c(=N/N=C(N)N)ccc2ccccc21. The molecule has 0 atom stereocenters. The molecule has 0 aliphatic heterocycles. The predicted octanol–water partition coefficient (Wildman–Crippen LogP) is 0.267. The minimum absolute atomic E-state index is 0.0480. The van der Waals surface area contributed by atoms with E-state index in [-0.39, 0.29) is 5.96 Å². The van der Waals surface area contributed by atoms with Crippen LogP contribution in [0.25, 0.3) is 10.9 Å². The highest BCUT2D eigenvalue weighted by Crippen LogP contribution is 2.09. The standard InChI is InChI=1S/C11H13N5/c1-16-9-5-3-2-4-8(9)6-7-10(16)14-15-11(12)13/h2-7H,1H3,(H4,12,13,15)/b14-10+. The van der Waals surface area contributed by atoms with Crippen LogP contribution in [0.5, 0.6) is 0 Å². The monoisotopic (exact) mass is 215 g/mol. The number of fused-ring (bicyclic) bond motifs is 1. The van der Waals surface area contributed by atoms with Gasteiger partial charge < -0.3 is 16.0 Å². The molecule has 5 nitrogen and oxygen atoms in total. The van der Waals surface area contributed by atoms with Gasteiger partial charge in [0.15, 0.2) is 5.49 Å². The van der Waals surface area contributed by atoms with Crippen LogP contribution >= 0.6 is 0 Å². The first-order chi connectivity index (χ1) is 7.68. The van der Waals surface area contributed by atoms with Crippen molar-refractivity contribution >= 4 is 16.9 Å². The lowest BCUT2D eigenvalue weighted by molar-refractivity contribution is 0.852. The molecule has 16 heavy (non-hydrogen) atoms. The Morgan fingerprint density at radius 2 is 1.88 bits per heavy atom. The van der Waals surface area contributed by atoms with Crippen LogP contribution in [0.15, 0.2) is 46.6 Å². The summed E-state index contributed by atoms with van der Waals surface area (Å²) >= 11 is 0. The summed E-state index contributed by atoms with van der Waals surface area (Å²) in [6.07, 6.45) is 0. The summed E-state index contributed by atoms with van der Waals surface area (Å²) in [7, 11) is 1.92. The molecule has 2 rings (SSSR count). The maximum absolute atomic E-state index is 5.23. The predicted molar refractivity (Wildman–Crippen MR) is 64.3 cm³/mol. The quantitative estimate of drug-likeness (QED) is 0.406. The van der Waals surface area contributed by atoms with Gasteiger partial charge in [-0.1, -0.05) is 18.2 Å². The fraction of sp³-hybridized carbons (Fsp3) is 0.0909. The Morgan fingerprint density at radius 3 is 2.62 bits per heavy atom. The third-order valence-corrected chi connectivity index (χ3v) is 2.32. The molecule has 0 saturated carbocycles. The molecule has 4 N–H and O–H groups in total. The molecular formula is C11H13N5. The van der Waals surface area contributed by atoms with Crippen molar-refractivity contribution in [2.45, 2.75) is 0 Å². The van der Waals surface area contributed by atoms with Gasteiger partial charge in [0.05, 0.1) is 0 Å². The fourth-order valence-corrected chi connectivity index (χ4v) is 1.54. The maximum atomic E-state index is 5.23. The maximum Gasteiger partial charge on any atom is 0.211 e. The number of aromatic nitrogens is 1. The lowest BCUT2D eigenvalue weighted by Crippen LogP contribution is -2.23. The fourth-order valence-electron chi connectivity index (χ4n) is 1.54. The minimum atomic E-state index is -0.0480. The van der Waals surface area contributed by atoms with Gasteiger partial charge in [0.1, 0.15) is 0 Å². The number of rotatable bonds is 1. The first-order valence-corrected chi connectivity index (χ1v) is 4.86. The van der Waals surface area contributed by atoms with Gasteiger partial charge in [0.2, 0.25) is 5.96 Å². The Balaban J connectivity index is 2.70. The summed E-state index contributed by atoms with van der Waals surface area (Å²) < 4.78 is 1.93. The average molecular weight is 215 g/mol. The summed E-state index contributed by atoms with van der Waals surface area (Å²) in [6.45, 7) is 0. The van der Waals surface area contributed by atoms with Crippen LogP contribution in [-0.2, 0) is 7.05 Å². The van der Waals surface area contributed by atoms with E-state index in [9.17, 15) is 0 Å². The van der Waals surface area contributed by atoms with Gasteiger partial charge in [0.25, 0.3) is 0 Å². The van der Waals surface area contributed by atoms with E-state index in [0.29, 0.717) is 5.49 Å². The third kappa shape index (κ3) is 1.88. The second-order valence-electron chi connectivity index (χ2n) is 3.43. The van der Waals surface area contributed by atoms with Gasteiger partial charge in [-0.3, -0.25) is 0 Å². The highest BCUT2D eigenvalue weighted by molar-refractivity contribution is 5.78. The molecule has 82 valence electrons. The van der Waals surface area contributed by atoms with Crippen LogP contribution in [0.1, 0.15) is 0 Å². The van der Waals surface area contributed by atoms with Crippen LogP contribution in [-0.4, -0.2) is 10.5 Å². The first-order valence-electron chi connectivity index (χ1n) is 4.86. The van der Waals surface area contributed by atoms with Crippen LogP contribution < -0.4 is 17.0 Å². The molecule has 0 spiro atoms. The van der Waals surface area contributed by atoms with Crippen molar-refractivity contribution in [1.29, 1.82) is 0 Å². The molecule has 0 radical (unpaired) electrons. The second-order valence-corrected chi connectivity index (χ2v) is 3.43. The van der Waals surface area contributed by atoms with Crippen molar-refractivity contribution in [3.63, 3.8) is 0 Å². The normalized spacial score (nSPS) is 11.7. The van der Waals surface area contributed by atoms with E-state index in [1.54, 1.807) is 0 Å². The number of nitrogens with two attached hydrogens (primary N) is 2. The molecule has 1 aromatic heterocycles. The smallest absolute Gasteiger partial charge is 0.211 e. The van der Waals surface area contributed by atoms with Gasteiger partial charge >= 0.3 is 0 Å². The Labute approximate surface area is 92.7 Å². The molecule has 0 bridgehead atoms. The number of hydrogen-bond donors (Lipinski definition) is 2. The Bertz CT molecular complexity index is 605. The molecule has 0 aliphatic carbocycles. The molecule has 1 heterocycles. The molecule has 0 saturated heterocycles. The van der Waals surface area contributed by atoms with Crippen LogP contribution in [0.3, 0.4) is 0 Å². The van der Waals surface area contributed by atoms with Gasteiger partial charge in [-0.2, -0.15) is 0 Å². The minimum Gasteiger partial charge on any atom is -0.369 e. The van der Waals surface area contributed by atoms with E-state index >= 15 is 0 Å². The highest BCUT2D eigenvalue weighted by atomic mass is 15.3. The van der Waals surface area contributed by atoms with Crippen molar-refractivity contribution in [3.8, 4) is 0 Å². The Morgan fingerprint density at radius 1 is 1.12 bits per heavy atom. The number of hydrogen-bond acceptors (Lipinski definition) is 2. The summed E-state index contributed by atoms with van der Waals surface area (Å²) in [5.74, 6) is -0.0480. The van der Waals surface area contributed by atoms with E-state index in [0.717, 1.165) is 10.9 Å². The van der Waals surface area contributed by atoms with Crippen LogP contribution in [0.2, 0.25) is 0 Å². The third-order valence-electron chi connectivity index (χ3n) is 2.32. The molecule has 5 heteroatoms. The molecule has 1 aromatic carbocycles. The lowest BCUT2D eigenvalue weighted by atomic mass is 10.2. The van der Waals surface area contributed by atoms with E-state index in [1.807, 2.05) is 48.0 Å². The van der Waals surface area contributed by atoms with Gasteiger partial charge in [0, 0.05) is 12.6 Å². The van der Waals surface area contributed by atoms with Gasteiger partial charge in [-0.25, -0.2) is 0 Å². The van der Waals surface area contributed by atoms with Crippen molar-refractivity contribution < 1.29 is 0 Å². The molecule has 0 unspecified atom stereocenters. The molecule has 2 aromatic rings. The number of guanidine groups is 1. The Kier molecular flexibility index (Phi) is 2.59. The zero-order valence-electron chi connectivity index (χ0n) is 8.96. The largest absolute Gasteiger partial charge is 0.369 e. The Hall–Kier alpha value is -2.30. The summed E-state index contributed by atoms with van der Waals surface area (Å²) in [6, 6.07) is 11.9. The topological polar surface area (TPSA) is 81.7 Å². The lowest BCUT2D eigenvalue weighted by Gasteiger charge is -2.04. The number of benzene rings is 1. The van der Waals surface area contributed by atoms with Crippen molar-refractivity contribution in [1.82, 2.24) is 4.57 Å². The number of para-hydroxylation sites is 1. The highest BCUT2D eigenvalue weighted by Gasteiger charge is 1.95. The van der Waals surface area contributed by atoms with E-state index < -0.39 is 0 Å². The van der Waals surface area contributed by atoms with Crippen molar-refractivity contribution in [3.05, 3.63) is 41.9 Å². The molecular weight excluding hydrogens is 202 g/mol. The second kappa shape index (κ2) is 4.06. The summed E-state index contributed by atoms with van der Waals surface area (Å²) in [5, 5.41) is 8.74. The average Bonchev–Trinajstić information content (AvgIpc) is 2.28. The van der Waals surface area contributed by atoms with E-state index in [1.165, 1.54) is 0 Å². The summed E-state index contributed by atoms with van der Waals surface area (Å²) in [5.41, 5.74) is 12.2. The molecule has 0 fully saturated rings. The zero-order chi connectivity index (χ0) is 11.5. The van der Waals surface area contributed by atoms with Gasteiger partial charge in [-0.05, 0) is 23.6 Å². The van der Waals surface area contributed by atoms with Crippen LogP contribution in [0, 0.1) is 0 Å². The molecule has 0 amide bonds. The zero-order valence-corrected chi connectivity index (χ0v) is 8.96. The van der Waals surface area contributed by atoms with Crippen molar-refractivity contribution in [2.75, 3.05) is 0 Å². The number of aryl methyl sites for hydroxylation is 1. The van der Waals surface area contributed by atoms with Crippen molar-refractivity contribution in [2.24, 2.45) is 28.7 Å².